The molecule has 0 saturated heterocycles. The van der Waals surface area contributed by atoms with Gasteiger partial charge in [-0.3, -0.25) is 14.3 Å². The lowest BCUT2D eigenvalue weighted by molar-refractivity contribution is -0.146. The Kier molecular flexibility index (Phi) is 5.17. The Morgan fingerprint density at radius 2 is 1.90 bits per heavy atom. The van der Waals surface area contributed by atoms with Gasteiger partial charge < -0.3 is 10.4 Å². The molecule has 1 amide bonds. The van der Waals surface area contributed by atoms with E-state index in [4.69, 9.17) is 23.2 Å². The Hall–Kier alpha value is -2.31. The number of rotatable bonds is 5. The minimum Gasteiger partial charge on any atom is -0.481 e. The van der Waals surface area contributed by atoms with Crippen LogP contribution in [0.2, 0.25) is 10.0 Å². The first kappa shape index (κ1) is 20.0. The van der Waals surface area contributed by atoms with E-state index in [9.17, 15) is 14.7 Å². The van der Waals surface area contributed by atoms with Gasteiger partial charge in [0.1, 0.15) is 0 Å². The number of carbonyl (C=O) groups excluding carboxylic acids is 1. The molecule has 2 aliphatic rings. The molecule has 8 heteroatoms. The molecule has 152 valence electrons. The number of amides is 1. The molecule has 0 radical (unpaired) electrons. The van der Waals surface area contributed by atoms with Crippen LogP contribution in [-0.2, 0) is 16.1 Å². The third-order valence-electron chi connectivity index (χ3n) is 6.01. The molecule has 0 spiro atoms. The van der Waals surface area contributed by atoms with Crippen molar-refractivity contribution in [1.82, 2.24) is 9.78 Å². The van der Waals surface area contributed by atoms with E-state index < -0.39 is 17.8 Å². The number of halogens is 2. The van der Waals surface area contributed by atoms with Crippen LogP contribution in [0.1, 0.15) is 23.4 Å². The monoisotopic (exact) mass is 433 g/mol. The summed E-state index contributed by atoms with van der Waals surface area (Å²) in [6.07, 6.45) is 4.62. The van der Waals surface area contributed by atoms with Crippen molar-refractivity contribution in [2.24, 2.45) is 23.7 Å². The summed E-state index contributed by atoms with van der Waals surface area (Å²) in [6.45, 7) is 4.12. The Morgan fingerprint density at radius 1 is 1.21 bits per heavy atom. The van der Waals surface area contributed by atoms with Crippen molar-refractivity contribution in [1.29, 1.82) is 0 Å². The van der Waals surface area contributed by atoms with Crippen LogP contribution < -0.4 is 5.32 Å². The lowest BCUT2D eigenvalue weighted by atomic mass is 9.82. The summed E-state index contributed by atoms with van der Waals surface area (Å²) in [5.41, 5.74) is 2.94. The fourth-order valence-electron chi connectivity index (χ4n) is 4.57. The number of allylic oxidation sites excluding steroid dienone is 2. The van der Waals surface area contributed by atoms with Gasteiger partial charge in [-0.05, 0) is 49.8 Å². The lowest BCUT2D eigenvalue weighted by Gasteiger charge is -2.23. The average molecular weight is 434 g/mol. The van der Waals surface area contributed by atoms with Crippen LogP contribution in [0.3, 0.4) is 0 Å². The number of benzene rings is 1. The van der Waals surface area contributed by atoms with Crippen molar-refractivity contribution >= 4 is 40.8 Å². The quantitative estimate of drug-likeness (QED) is 0.687. The molecule has 2 aromatic rings. The number of nitrogens with zero attached hydrogens (tertiary/aromatic N) is 2. The predicted octanol–water partition coefficient (Wildman–Crippen LogP) is 4.32. The molecule has 2 N–H and O–H groups in total. The van der Waals surface area contributed by atoms with Gasteiger partial charge in [0.05, 0.1) is 35.5 Å². The number of anilines is 1. The number of fused-ring (bicyclic) bond motifs is 2. The Bertz CT molecular complexity index is 1030. The van der Waals surface area contributed by atoms with E-state index in [1.807, 2.05) is 32.1 Å². The zero-order valence-corrected chi connectivity index (χ0v) is 17.5. The summed E-state index contributed by atoms with van der Waals surface area (Å²) in [6, 6.07) is 5.30. The highest BCUT2D eigenvalue weighted by Crippen LogP contribution is 2.48. The van der Waals surface area contributed by atoms with Crippen molar-refractivity contribution < 1.29 is 14.7 Å². The summed E-state index contributed by atoms with van der Waals surface area (Å²) in [5, 5.41) is 18.2. The van der Waals surface area contributed by atoms with Gasteiger partial charge in [-0.2, -0.15) is 5.10 Å². The summed E-state index contributed by atoms with van der Waals surface area (Å²) in [7, 11) is 0. The predicted molar refractivity (Wildman–Crippen MR) is 111 cm³/mol. The van der Waals surface area contributed by atoms with E-state index in [-0.39, 0.29) is 17.7 Å². The first-order valence-electron chi connectivity index (χ1n) is 9.46. The minimum atomic E-state index is -0.913. The van der Waals surface area contributed by atoms with Gasteiger partial charge in [0.2, 0.25) is 5.91 Å². The van der Waals surface area contributed by atoms with E-state index >= 15 is 0 Å². The van der Waals surface area contributed by atoms with Crippen LogP contribution in [0.5, 0.6) is 0 Å². The molecule has 29 heavy (non-hydrogen) atoms. The fraction of sp³-hybridized carbons (Fsp3) is 0.381. The summed E-state index contributed by atoms with van der Waals surface area (Å²) >= 11 is 12.2. The first-order chi connectivity index (χ1) is 13.8. The van der Waals surface area contributed by atoms with E-state index in [0.29, 0.717) is 28.0 Å². The van der Waals surface area contributed by atoms with E-state index in [1.165, 1.54) is 0 Å². The Morgan fingerprint density at radius 3 is 2.55 bits per heavy atom. The maximum Gasteiger partial charge on any atom is 0.307 e. The number of aryl methyl sites for hydroxylation is 1. The average Bonchev–Trinajstić information content (AvgIpc) is 3.34. The van der Waals surface area contributed by atoms with E-state index in [0.717, 1.165) is 17.7 Å². The lowest BCUT2D eigenvalue weighted by Crippen LogP contribution is -2.36. The molecule has 1 aromatic carbocycles. The van der Waals surface area contributed by atoms with Gasteiger partial charge in [-0.25, -0.2) is 0 Å². The van der Waals surface area contributed by atoms with E-state index in [1.54, 1.807) is 16.8 Å². The number of hydrogen-bond donors (Lipinski definition) is 2. The molecule has 6 nitrogen and oxygen atoms in total. The molecule has 0 aliphatic heterocycles. The highest BCUT2D eigenvalue weighted by Gasteiger charge is 2.51. The summed E-state index contributed by atoms with van der Waals surface area (Å²) in [4.78, 5) is 24.7. The molecular weight excluding hydrogens is 413 g/mol. The van der Waals surface area contributed by atoms with Crippen molar-refractivity contribution in [2.75, 3.05) is 5.32 Å². The maximum absolute atomic E-state index is 13.0. The van der Waals surface area contributed by atoms with Crippen molar-refractivity contribution in [3.8, 4) is 0 Å². The van der Waals surface area contributed by atoms with Crippen LogP contribution in [0.25, 0.3) is 0 Å². The zero-order valence-electron chi connectivity index (χ0n) is 16.0. The Labute approximate surface area is 178 Å². The number of hydrogen-bond acceptors (Lipinski definition) is 3. The van der Waals surface area contributed by atoms with Crippen molar-refractivity contribution in [3.05, 3.63) is 57.3 Å². The van der Waals surface area contributed by atoms with E-state index in [2.05, 4.69) is 10.4 Å². The number of nitrogens with one attached hydrogen (secondary N) is 1. The van der Waals surface area contributed by atoms with Crippen LogP contribution in [0.15, 0.2) is 30.4 Å². The second-order valence-corrected chi connectivity index (χ2v) is 8.61. The largest absolute Gasteiger partial charge is 0.481 e. The Balaban J connectivity index is 1.56. The molecule has 1 aromatic heterocycles. The number of carbonyl (C=O) groups is 2. The second kappa shape index (κ2) is 7.50. The molecule has 4 rings (SSSR count). The van der Waals surface area contributed by atoms with Crippen LogP contribution in [0, 0.1) is 37.5 Å². The van der Waals surface area contributed by atoms with Gasteiger partial charge in [-0.15, -0.1) is 0 Å². The molecule has 1 heterocycles. The van der Waals surface area contributed by atoms with Crippen LogP contribution >= 0.6 is 23.2 Å². The third-order valence-corrected chi connectivity index (χ3v) is 6.60. The molecular formula is C21H21Cl2N3O3. The van der Waals surface area contributed by atoms with Crippen molar-refractivity contribution in [3.63, 3.8) is 0 Å². The standard InChI is InChI=1S/C21H21Cl2N3O3/c1-10-19(11(2)26(25-10)9-14-5-6-15(22)8-16(14)23)24-20(27)17-12-3-4-13(7-12)18(17)21(28)29/h3-6,8,12-13,17-18H,7,9H2,1-2H3,(H,24,27)(H,28,29)/t12-,13+,17-,18+/m1/s1. The molecule has 1 fully saturated rings. The molecule has 0 unspecified atom stereocenters. The highest BCUT2D eigenvalue weighted by molar-refractivity contribution is 6.35. The number of carboxylic acid groups (broad SMARTS) is 1. The number of carboxylic acids is 1. The SMILES string of the molecule is Cc1nn(Cc2ccc(Cl)cc2Cl)c(C)c1NC(=O)[C@H]1[C@@H](C(=O)O)[C@H]2C=C[C@@H]1C2. The fourth-order valence-corrected chi connectivity index (χ4v) is 5.03. The number of aliphatic carboxylic acids is 1. The maximum atomic E-state index is 13.0. The van der Waals surface area contributed by atoms with Gasteiger partial charge in [0, 0.05) is 10.0 Å². The molecule has 4 atom stereocenters. The normalized spacial score (nSPS) is 24.8. The molecule has 1 saturated carbocycles. The first-order valence-corrected chi connectivity index (χ1v) is 10.2. The minimum absolute atomic E-state index is 0.0235. The van der Waals surface area contributed by atoms with Crippen LogP contribution in [0.4, 0.5) is 5.69 Å². The van der Waals surface area contributed by atoms with Gasteiger partial charge >= 0.3 is 5.97 Å². The second-order valence-electron chi connectivity index (χ2n) is 7.77. The topological polar surface area (TPSA) is 84.2 Å². The molecule has 2 bridgehead atoms. The summed E-state index contributed by atoms with van der Waals surface area (Å²) < 4.78 is 1.77. The summed E-state index contributed by atoms with van der Waals surface area (Å²) in [5.74, 6) is -2.49. The molecule has 2 aliphatic carbocycles. The third kappa shape index (κ3) is 3.55. The zero-order chi connectivity index (χ0) is 20.9. The van der Waals surface area contributed by atoms with Crippen molar-refractivity contribution in [2.45, 2.75) is 26.8 Å². The van der Waals surface area contributed by atoms with Gasteiger partial charge in [0.25, 0.3) is 0 Å². The van der Waals surface area contributed by atoms with Gasteiger partial charge in [-0.1, -0.05) is 41.4 Å². The smallest absolute Gasteiger partial charge is 0.307 e. The number of aromatic nitrogens is 2. The highest BCUT2D eigenvalue weighted by atomic mass is 35.5. The van der Waals surface area contributed by atoms with Gasteiger partial charge in [0.15, 0.2) is 0 Å². The van der Waals surface area contributed by atoms with Crippen LogP contribution in [-0.4, -0.2) is 26.8 Å².